The molecule has 0 heterocycles. The van der Waals surface area contributed by atoms with Crippen molar-refractivity contribution >= 4 is 0 Å². The number of aliphatic hydroxyl groups excluding tert-OH is 2. The lowest BCUT2D eigenvalue weighted by Crippen LogP contribution is -2.37. The van der Waals surface area contributed by atoms with E-state index in [1.54, 1.807) is 6.92 Å². The number of nitrogens with one attached hydrogen (secondary N) is 1. The summed E-state index contributed by atoms with van der Waals surface area (Å²) in [6, 6.07) is 0.220. The zero-order valence-electron chi connectivity index (χ0n) is 10.4. The van der Waals surface area contributed by atoms with Crippen molar-refractivity contribution in [2.24, 2.45) is 5.92 Å². The minimum Gasteiger partial charge on any atom is -0.393 e. The molecule has 3 atom stereocenters. The van der Waals surface area contributed by atoms with Crippen molar-refractivity contribution in [1.29, 1.82) is 0 Å². The highest BCUT2D eigenvalue weighted by Crippen LogP contribution is 2.28. The van der Waals surface area contributed by atoms with Crippen LogP contribution < -0.4 is 5.32 Å². The van der Waals surface area contributed by atoms with Crippen molar-refractivity contribution in [2.45, 2.75) is 51.4 Å². The summed E-state index contributed by atoms with van der Waals surface area (Å²) in [4.78, 5) is 0. The standard InChI is InChI=1S/C12H25NO3/c1-9(5-10(2)14)13-6-12(15)8-16-7-11-3-4-11/h9-15H,3-8H2,1-2H3. The molecule has 3 unspecified atom stereocenters. The lowest BCUT2D eigenvalue weighted by Gasteiger charge is -2.18. The Morgan fingerprint density at radius 3 is 2.56 bits per heavy atom. The van der Waals surface area contributed by atoms with Gasteiger partial charge >= 0.3 is 0 Å². The summed E-state index contributed by atoms with van der Waals surface area (Å²) in [6.07, 6.45) is 2.51. The van der Waals surface area contributed by atoms with Gasteiger partial charge < -0.3 is 20.3 Å². The van der Waals surface area contributed by atoms with Crippen LogP contribution in [0.2, 0.25) is 0 Å². The highest BCUT2D eigenvalue weighted by molar-refractivity contribution is 4.72. The summed E-state index contributed by atoms with van der Waals surface area (Å²) in [5.41, 5.74) is 0. The average Bonchev–Trinajstić information content (AvgIpc) is 2.97. The van der Waals surface area contributed by atoms with Crippen LogP contribution in [0.15, 0.2) is 0 Å². The van der Waals surface area contributed by atoms with E-state index in [4.69, 9.17) is 4.74 Å². The zero-order valence-corrected chi connectivity index (χ0v) is 10.4. The van der Waals surface area contributed by atoms with E-state index in [-0.39, 0.29) is 12.1 Å². The predicted octanol–water partition coefficient (Wildman–Crippen LogP) is 0.523. The van der Waals surface area contributed by atoms with Crippen LogP contribution in [-0.2, 0) is 4.74 Å². The number of aliphatic hydroxyl groups is 2. The second kappa shape index (κ2) is 7.22. The lowest BCUT2D eigenvalue weighted by atomic mass is 10.1. The molecule has 1 aliphatic carbocycles. The molecule has 0 aromatic rings. The summed E-state index contributed by atoms with van der Waals surface area (Å²) < 4.78 is 5.39. The maximum Gasteiger partial charge on any atom is 0.0897 e. The molecule has 4 heteroatoms. The van der Waals surface area contributed by atoms with Gasteiger partial charge in [0.05, 0.1) is 18.8 Å². The van der Waals surface area contributed by atoms with Crippen molar-refractivity contribution < 1.29 is 14.9 Å². The first-order chi connectivity index (χ1) is 7.58. The fraction of sp³-hybridized carbons (Fsp3) is 1.00. The molecule has 0 aliphatic heterocycles. The molecule has 3 N–H and O–H groups in total. The Hall–Kier alpha value is -0.160. The van der Waals surface area contributed by atoms with Crippen molar-refractivity contribution in [3.63, 3.8) is 0 Å². The number of ether oxygens (including phenoxy) is 1. The SMILES string of the molecule is CC(O)CC(C)NCC(O)COCC1CC1. The number of hydrogen-bond donors (Lipinski definition) is 3. The first kappa shape index (κ1) is 13.9. The van der Waals surface area contributed by atoms with Crippen LogP contribution in [-0.4, -0.2) is 48.2 Å². The van der Waals surface area contributed by atoms with Gasteiger partial charge in [-0.1, -0.05) is 0 Å². The Morgan fingerprint density at radius 1 is 1.31 bits per heavy atom. The van der Waals surface area contributed by atoms with Gasteiger partial charge in [-0.2, -0.15) is 0 Å². The fourth-order valence-electron chi connectivity index (χ4n) is 1.65. The van der Waals surface area contributed by atoms with Crippen LogP contribution in [0.5, 0.6) is 0 Å². The molecule has 0 spiro atoms. The molecule has 1 fully saturated rings. The monoisotopic (exact) mass is 231 g/mol. The summed E-state index contributed by atoms with van der Waals surface area (Å²) >= 11 is 0. The molecule has 0 saturated heterocycles. The van der Waals surface area contributed by atoms with Gasteiger partial charge in [-0.15, -0.1) is 0 Å². The quantitative estimate of drug-likeness (QED) is 0.541. The topological polar surface area (TPSA) is 61.7 Å². The summed E-state index contributed by atoms with van der Waals surface area (Å²) in [5.74, 6) is 0.745. The van der Waals surface area contributed by atoms with Crippen molar-refractivity contribution in [3.8, 4) is 0 Å². The summed E-state index contributed by atoms with van der Waals surface area (Å²) in [7, 11) is 0. The normalized spacial score (nSPS) is 21.8. The maximum absolute atomic E-state index is 9.62. The summed E-state index contributed by atoms with van der Waals surface area (Å²) in [5, 5.41) is 22.0. The van der Waals surface area contributed by atoms with Crippen LogP contribution in [0.3, 0.4) is 0 Å². The van der Waals surface area contributed by atoms with Crippen LogP contribution in [0.25, 0.3) is 0 Å². The third kappa shape index (κ3) is 7.17. The minimum atomic E-state index is -0.449. The molecule has 4 nitrogen and oxygen atoms in total. The molecule has 0 aromatic carbocycles. The Kier molecular flexibility index (Phi) is 6.28. The molecule has 1 aliphatic rings. The van der Waals surface area contributed by atoms with Gasteiger partial charge in [-0.3, -0.25) is 0 Å². The Bertz CT molecular complexity index is 183. The van der Waals surface area contributed by atoms with E-state index in [1.807, 2.05) is 6.92 Å². The van der Waals surface area contributed by atoms with Gasteiger partial charge in [0.25, 0.3) is 0 Å². The number of rotatable bonds is 9. The van der Waals surface area contributed by atoms with E-state index in [0.29, 0.717) is 19.6 Å². The van der Waals surface area contributed by atoms with E-state index >= 15 is 0 Å². The Labute approximate surface area is 98.0 Å². The Balaban J connectivity index is 1.93. The van der Waals surface area contributed by atoms with Gasteiger partial charge in [-0.05, 0) is 39.0 Å². The van der Waals surface area contributed by atoms with Gasteiger partial charge in [-0.25, -0.2) is 0 Å². The highest BCUT2D eigenvalue weighted by atomic mass is 16.5. The first-order valence-electron chi connectivity index (χ1n) is 6.25. The molecule has 0 radical (unpaired) electrons. The van der Waals surface area contributed by atoms with Gasteiger partial charge in [0.15, 0.2) is 0 Å². The molecule has 1 rings (SSSR count). The molecule has 1 saturated carbocycles. The van der Waals surface area contributed by atoms with E-state index in [1.165, 1.54) is 12.8 Å². The summed E-state index contributed by atoms with van der Waals surface area (Å²) in [6.45, 7) is 5.50. The predicted molar refractivity (Wildman–Crippen MR) is 63.3 cm³/mol. The smallest absolute Gasteiger partial charge is 0.0897 e. The Morgan fingerprint density at radius 2 is 2.00 bits per heavy atom. The van der Waals surface area contributed by atoms with Crippen molar-refractivity contribution in [3.05, 3.63) is 0 Å². The van der Waals surface area contributed by atoms with Gasteiger partial charge in [0, 0.05) is 19.2 Å². The largest absolute Gasteiger partial charge is 0.393 e. The van der Waals surface area contributed by atoms with Gasteiger partial charge in [0.2, 0.25) is 0 Å². The first-order valence-corrected chi connectivity index (χ1v) is 6.25. The lowest BCUT2D eigenvalue weighted by molar-refractivity contribution is 0.0306. The molecular formula is C12H25NO3. The van der Waals surface area contributed by atoms with Crippen molar-refractivity contribution in [1.82, 2.24) is 5.32 Å². The molecule has 16 heavy (non-hydrogen) atoms. The molecule has 0 bridgehead atoms. The maximum atomic E-state index is 9.62. The van der Waals surface area contributed by atoms with Gasteiger partial charge in [0.1, 0.15) is 0 Å². The third-order valence-electron chi connectivity index (χ3n) is 2.76. The molecule has 0 amide bonds. The van der Waals surface area contributed by atoms with E-state index in [0.717, 1.165) is 12.5 Å². The molecular weight excluding hydrogens is 206 g/mol. The van der Waals surface area contributed by atoms with E-state index in [9.17, 15) is 10.2 Å². The number of hydrogen-bond acceptors (Lipinski definition) is 4. The van der Waals surface area contributed by atoms with Crippen LogP contribution in [0, 0.1) is 5.92 Å². The van der Waals surface area contributed by atoms with E-state index < -0.39 is 6.10 Å². The molecule has 96 valence electrons. The van der Waals surface area contributed by atoms with Crippen LogP contribution >= 0.6 is 0 Å². The highest BCUT2D eigenvalue weighted by Gasteiger charge is 2.21. The van der Waals surface area contributed by atoms with Crippen LogP contribution in [0.4, 0.5) is 0 Å². The van der Waals surface area contributed by atoms with E-state index in [2.05, 4.69) is 5.32 Å². The molecule has 0 aromatic heterocycles. The second-order valence-electron chi connectivity index (χ2n) is 5.03. The fourth-order valence-corrected chi connectivity index (χ4v) is 1.65. The third-order valence-corrected chi connectivity index (χ3v) is 2.76. The van der Waals surface area contributed by atoms with Crippen molar-refractivity contribution in [2.75, 3.05) is 19.8 Å². The average molecular weight is 231 g/mol. The second-order valence-corrected chi connectivity index (χ2v) is 5.03. The minimum absolute atomic E-state index is 0.220. The zero-order chi connectivity index (χ0) is 12.0. The van der Waals surface area contributed by atoms with Crippen LogP contribution in [0.1, 0.15) is 33.1 Å².